The third kappa shape index (κ3) is 5.18. The highest BCUT2D eigenvalue weighted by molar-refractivity contribution is 5.99. The molecule has 3 rings (SSSR count). The van der Waals surface area contributed by atoms with Crippen LogP contribution in [0.3, 0.4) is 0 Å². The first kappa shape index (κ1) is 23.5. The van der Waals surface area contributed by atoms with Gasteiger partial charge in [0.2, 0.25) is 5.91 Å². The van der Waals surface area contributed by atoms with Crippen LogP contribution in [0.4, 0.5) is 0 Å². The van der Waals surface area contributed by atoms with Crippen LogP contribution >= 0.6 is 0 Å². The molecule has 6 heteroatoms. The average molecular weight is 436 g/mol. The van der Waals surface area contributed by atoms with Gasteiger partial charge in [-0.05, 0) is 43.5 Å². The van der Waals surface area contributed by atoms with Gasteiger partial charge in [-0.15, -0.1) is 0 Å². The fourth-order valence-electron chi connectivity index (χ4n) is 4.13. The minimum absolute atomic E-state index is 0.00486. The van der Waals surface area contributed by atoms with Crippen molar-refractivity contribution < 1.29 is 14.4 Å². The second kappa shape index (κ2) is 10.4. The van der Waals surface area contributed by atoms with Gasteiger partial charge < -0.3 is 15.1 Å². The molecule has 1 heterocycles. The highest BCUT2D eigenvalue weighted by Gasteiger charge is 2.35. The lowest BCUT2D eigenvalue weighted by molar-refractivity contribution is -0.137. The number of carbonyl (C=O) groups excluding carboxylic acids is 3. The van der Waals surface area contributed by atoms with Gasteiger partial charge in [-0.3, -0.25) is 14.4 Å². The largest absolute Gasteiger partial charge is 0.340 e. The summed E-state index contributed by atoms with van der Waals surface area (Å²) in [5, 5.41) is 2.99. The molecule has 0 radical (unpaired) electrons. The molecule has 3 atom stereocenters. The fourth-order valence-corrected chi connectivity index (χ4v) is 4.13. The van der Waals surface area contributed by atoms with E-state index in [0.717, 1.165) is 12.0 Å². The molecule has 1 aliphatic heterocycles. The number of hydrogen-bond acceptors (Lipinski definition) is 3. The van der Waals surface area contributed by atoms with Crippen molar-refractivity contribution in [1.82, 2.24) is 15.1 Å². The maximum Gasteiger partial charge on any atom is 0.254 e. The van der Waals surface area contributed by atoms with E-state index in [1.54, 1.807) is 11.0 Å². The van der Waals surface area contributed by atoms with E-state index < -0.39 is 6.04 Å². The minimum atomic E-state index is -0.601. The Morgan fingerprint density at radius 2 is 1.69 bits per heavy atom. The molecule has 0 aliphatic carbocycles. The maximum atomic E-state index is 13.5. The summed E-state index contributed by atoms with van der Waals surface area (Å²) in [6, 6.07) is 15.9. The lowest BCUT2D eigenvalue weighted by atomic mass is 9.96. The number of nitrogens with one attached hydrogen (secondary N) is 1. The van der Waals surface area contributed by atoms with Crippen LogP contribution in [-0.2, 0) is 4.79 Å². The molecule has 32 heavy (non-hydrogen) atoms. The van der Waals surface area contributed by atoms with Crippen LogP contribution in [0.25, 0.3) is 0 Å². The predicted octanol–water partition coefficient (Wildman–Crippen LogP) is 3.51. The van der Waals surface area contributed by atoms with Crippen molar-refractivity contribution in [1.29, 1.82) is 0 Å². The highest BCUT2D eigenvalue weighted by Crippen LogP contribution is 2.18. The van der Waals surface area contributed by atoms with E-state index in [1.165, 1.54) is 0 Å². The van der Waals surface area contributed by atoms with Gasteiger partial charge >= 0.3 is 0 Å². The molecule has 0 saturated carbocycles. The summed E-state index contributed by atoms with van der Waals surface area (Å²) in [7, 11) is 0. The third-order valence-electron chi connectivity index (χ3n) is 6.38. The normalized spacial score (nSPS) is 18.1. The molecule has 3 unspecified atom stereocenters. The van der Waals surface area contributed by atoms with Gasteiger partial charge in [-0.25, -0.2) is 0 Å². The van der Waals surface area contributed by atoms with Crippen LogP contribution < -0.4 is 5.32 Å². The van der Waals surface area contributed by atoms with Crippen LogP contribution in [0.1, 0.15) is 53.5 Å². The van der Waals surface area contributed by atoms with Crippen LogP contribution in [0.5, 0.6) is 0 Å². The average Bonchev–Trinajstić information content (AvgIpc) is 2.81. The smallest absolute Gasteiger partial charge is 0.254 e. The van der Waals surface area contributed by atoms with Crippen LogP contribution in [0.2, 0.25) is 0 Å². The summed E-state index contributed by atoms with van der Waals surface area (Å²) in [5.74, 6) is -0.334. The summed E-state index contributed by atoms with van der Waals surface area (Å²) >= 11 is 0. The summed E-state index contributed by atoms with van der Waals surface area (Å²) in [6.45, 7) is 9.23. The Morgan fingerprint density at radius 1 is 1.03 bits per heavy atom. The van der Waals surface area contributed by atoms with Gasteiger partial charge in [0.25, 0.3) is 11.8 Å². The zero-order chi connectivity index (χ0) is 23.3. The van der Waals surface area contributed by atoms with Crippen LogP contribution in [0, 0.1) is 12.8 Å². The Bertz CT molecular complexity index is 960. The summed E-state index contributed by atoms with van der Waals surface area (Å²) in [4.78, 5) is 42.8. The van der Waals surface area contributed by atoms with E-state index in [1.807, 2.05) is 81.1 Å². The van der Waals surface area contributed by atoms with Crippen molar-refractivity contribution in [3.8, 4) is 0 Å². The van der Waals surface area contributed by atoms with Gasteiger partial charge in [-0.1, -0.05) is 56.7 Å². The molecule has 2 aromatic rings. The monoisotopic (exact) mass is 435 g/mol. The van der Waals surface area contributed by atoms with Crippen molar-refractivity contribution in [2.75, 3.05) is 19.6 Å². The quantitative estimate of drug-likeness (QED) is 0.755. The molecule has 1 N–H and O–H groups in total. The van der Waals surface area contributed by atoms with Crippen LogP contribution in [-0.4, -0.2) is 59.2 Å². The second-order valence-corrected chi connectivity index (χ2v) is 8.65. The number of rotatable bonds is 6. The standard InChI is InChI=1S/C26H33N3O3/c1-5-18(2)23(27-24(30)22-14-10-9-11-19(22)3)26(32)28-15-16-29(20(4)17-28)25(31)21-12-7-6-8-13-21/h6-14,18,20,23H,5,15-17H2,1-4H3,(H,27,30). The minimum Gasteiger partial charge on any atom is -0.340 e. The highest BCUT2D eigenvalue weighted by atomic mass is 16.2. The van der Waals surface area contributed by atoms with E-state index in [2.05, 4.69) is 5.32 Å². The molecule has 0 aromatic heterocycles. The first-order chi connectivity index (χ1) is 15.3. The number of nitrogens with zero attached hydrogens (tertiary/aromatic N) is 2. The first-order valence-electron chi connectivity index (χ1n) is 11.3. The van der Waals surface area contributed by atoms with Gasteiger partial charge in [0.1, 0.15) is 6.04 Å². The Hall–Kier alpha value is -3.15. The molecule has 1 fully saturated rings. The van der Waals surface area contributed by atoms with Gasteiger partial charge in [0, 0.05) is 36.8 Å². The number of piperazine rings is 1. The number of aryl methyl sites for hydroxylation is 1. The van der Waals surface area contributed by atoms with Crippen molar-refractivity contribution in [2.24, 2.45) is 5.92 Å². The van der Waals surface area contributed by atoms with E-state index in [-0.39, 0.29) is 29.7 Å². The Labute approximate surface area is 190 Å². The predicted molar refractivity (Wildman–Crippen MR) is 125 cm³/mol. The zero-order valence-electron chi connectivity index (χ0n) is 19.4. The van der Waals surface area contributed by atoms with E-state index in [4.69, 9.17) is 0 Å². The van der Waals surface area contributed by atoms with Crippen molar-refractivity contribution in [2.45, 2.75) is 46.2 Å². The lowest BCUT2D eigenvalue weighted by Crippen LogP contribution is -2.60. The number of hydrogen-bond donors (Lipinski definition) is 1. The molecule has 1 aliphatic rings. The first-order valence-corrected chi connectivity index (χ1v) is 11.3. The maximum absolute atomic E-state index is 13.5. The molecule has 6 nitrogen and oxygen atoms in total. The van der Waals surface area contributed by atoms with Gasteiger partial charge in [-0.2, -0.15) is 0 Å². The Morgan fingerprint density at radius 3 is 2.31 bits per heavy atom. The molecule has 0 spiro atoms. The molecule has 2 aromatic carbocycles. The van der Waals surface area contributed by atoms with Crippen molar-refractivity contribution >= 4 is 17.7 Å². The molecule has 1 saturated heterocycles. The second-order valence-electron chi connectivity index (χ2n) is 8.65. The molecule has 0 bridgehead atoms. The molecular weight excluding hydrogens is 402 g/mol. The summed E-state index contributed by atoms with van der Waals surface area (Å²) < 4.78 is 0. The van der Waals surface area contributed by atoms with E-state index >= 15 is 0 Å². The lowest BCUT2D eigenvalue weighted by Gasteiger charge is -2.41. The van der Waals surface area contributed by atoms with Gasteiger partial charge in [0.15, 0.2) is 0 Å². The summed E-state index contributed by atoms with van der Waals surface area (Å²) in [5.41, 5.74) is 2.12. The van der Waals surface area contributed by atoms with Crippen LogP contribution in [0.15, 0.2) is 54.6 Å². The molecular formula is C26H33N3O3. The van der Waals surface area contributed by atoms with Crippen molar-refractivity contribution in [3.05, 3.63) is 71.3 Å². The number of benzene rings is 2. The topological polar surface area (TPSA) is 69.7 Å². The third-order valence-corrected chi connectivity index (χ3v) is 6.38. The summed E-state index contributed by atoms with van der Waals surface area (Å²) in [6.07, 6.45) is 0.770. The van der Waals surface area contributed by atoms with Gasteiger partial charge in [0.05, 0.1) is 0 Å². The Balaban J connectivity index is 1.70. The number of carbonyl (C=O) groups is 3. The Kier molecular flexibility index (Phi) is 7.67. The molecule has 3 amide bonds. The van der Waals surface area contributed by atoms with E-state index in [0.29, 0.717) is 30.8 Å². The van der Waals surface area contributed by atoms with E-state index in [9.17, 15) is 14.4 Å². The molecule has 170 valence electrons. The number of amides is 3. The van der Waals surface area contributed by atoms with Crippen molar-refractivity contribution in [3.63, 3.8) is 0 Å². The fraction of sp³-hybridized carbons (Fsp3) is 0.423. The zero-order valence-corrected chi connectivity index (χ0v) is 19.4. The SMILES string of the molecule is CCC(C)C(NC(=O)c1ccccc1C)C(=O)N1CCN(C(=O)c2ccccc2)C(C)C1.